The third kappa shape index (κ3) is 3.08. The number of aromatic amines is 1. The van der Waals surface area contributed by atoms with Gasteiger partial charge in [0.05, 0.1) is 23.8 Å². The minimum Gasteiger partial charge on any atom is -0.467 e. The number of hydrogen-bond donors (Lipinski definition) is 1. The molecule has 1 saturated heterocycles. The van der Waals surface area contributed by atoms with Crippen molar-refractivity contribution in [1.82, 2.24) is 14.8 Å². The van der Waals surface area contributed by atoms with Crippen LogP contribution in [-0.4, -0.2) is 44.1 Å². The van der Waals surface area contributed by atoms with Gasteiger partial charge in [0.1, 0.15) is 18.3 Å². The molecule has 0 radical (unpaired) electrons. The Bertz CT molecular complexity index is 1420. The molecule has 2 aliphatic rings. The predicted octanol–water partition coefficient (Wildman–Crippen LogP) is 3.55. The summed E-state index contributed by atoms with van der Waals surface area (Å²) in [6.07, 6.45) is 1.93. The second kappa shape index (κ2) is 7.58. The molecule has 0 aliphatic carbocycles. The predicted molar refractivity (Wildman–Crippen MR) is 122 cm³/mol. The number of H-pyrrole nitrogens is 1. The van der Waals surface area contributed by atoms with Gasteiger partial charge in [-0.25, -0.2) is 0 Å². The lowest BCUT2D eigenvalue weighted by atomic mass is 9.86. The number of non-ortho nitro benzene ring substituents is 1. The molecule has 1 N–H and O–H groups in total. The summed E-state index contributed by atoms with van der Waals surface area (Å²) in [5.41, 5.74) is 3.43. The van der Waals surface area contributed by atoms with E-state index in [2.05, 4.69) is 4.98 Å². The molecule has 0 saturated carbocycles. The number of hydrogen-bond acceptors (Lipinski definition) is 5. The number of para-hydroxylation sites is 1. The number of furan rings is 1. The Morgan fingerprint density at radius 2 is 1.85 bits per heavy atom. The maximum atomic E-state index is 13.6. The molecule has 170 valence electrons. The average Bonchev–Trinajstić information content (AvgIpc) is 3.49. The zero-order valence-electron chi connectivity index (χ0n) is 18.0. The summed E-state index contributed by atoms with van der Waals surface area (Å²) in [5.74, 6) is 0.299. The van der Waals surface area contributed by atoms with Crippen LogP contribution in [0.2, 0.25) is 0 Å². The highest BCUT2D eigenvalue weighted by Gasteiger charge is 2.48. The molecule has 2 aliphatic heterocycles. The number of fused-ring (bicyclic) bond motifs is 4. The Balaban J connectivity index is 1.47. The van der Waals surface area contributed by atoms with Crippen molar-refractivity contribution in [2.45, 2.75) is 25.0 Å². The van der Waals surface area contributed by atoms with Crippen LogP contribution in [0.5, 0.6) is 0 Å². The van der Waals surface area contributed by atoms with E-state index in [0.29, 0.717) is 17.7 Å². The van der Waals surface area contributed by atoms with Gasteiger partial charge < -0.3 is 19.2 Å². The van der Waals surface area contributed by atoms with Gasteiger partial charge in [-0.2, -0.15) is 0 Å². The van der Waals surface area contributed by atoms with E-state index in [4.69, 9.17) is 4.42 Å². The topological polar surface area (TPSA) is 113 Å². The minimum absolute atomic E-state index is 0.0290. The number of nitro groups is 1. The van der Waals surface area contributed by atoms with Crippen LogP contribution < -0.4 is 0 Å². The Morgan fingerprint density at radius 1 is 1.06 bits per heavy atom. The van der Waals surface area contributed by atoms with Gasteiger partial charge in [-0.1, -0.05) is 18.2 Å². The van der Waals surface area contributed by atoms with E-state index in [1.165, 1.54) is 17.0 Å². The monoisotopic (exact) mass is 456 g/mol. The zero-order valence-corrected chi connectivity index (χ0v) is 18.0. The highest BCUT2D eigenvalue weighted by Crippen LogP contribution is 2.42. The largest absolute Gasteiger partial charge is 0.467 e. The van der Waals surface area contributed by atoms with Crippen molar-refractivity contribution in [3.05, 3.63) is 99.6 Å². The molecule has 0 spiro atoms. The van der Waals surface area contributed by atoms with Crippen LogP contribution in [0, 0.1) is 10.1 Å². The summed E-state index contributed by atoms with van der Waals surface area (Å²) < 4.78 is 5.40. The summed E-state index contributed by atoms with van der Waals surface area (Å²) in [7, 11) is 0. The number of carbonyl (C=O) groups is 2. The summed E-state index contributed by atoms with van der Waals surface area (Å²) >= 11 is 0. The second-order valence-electron chi connectivity index (χ2n) is 8.61. The SMILES string of the molecule is O=C1[C@H]2Cc3c([nH]c4ccccc34)C(c3ccc([N+](=O)[O-])cc3)N2C(=O)CN1Cc1ccco1. The lowest BCUT2D eigenvalue weighted by molar-refractivity contribution is -0.384. The molecule has 4 aromatic rings. The van der Waals surface area contributed by atoms with Gasteiger partial charge in [0.25, 0.3) is 5.69 Å². The summed E-state index contributed by atoms with van der Waals surface area (Å²) in [5, 5.41) is 12.2. The van der Waals surface area contributed by atoms with Gasteiger partial charge in [0.15, 0.2) is 0 Å². The van der Waals surface area contributed by atoms with E-state index < -0.39 is 17.0 Å². The van der Waals surface area contributed by atoms with Crippen molar-refractivity contribution in [3.8, 4) is 0 Å². The van der Waals surface area contributed by atoms with Gasteiger partial charge in [-0.15, -0.1) is 0 Å². The number of nitro benzene ring substituents is 1. The van der Waals surface area contributed by atoms with Crippen LogP contribution in [0.25, 0.3) is 10.9 Å². The number of amides is 2. The number of nitrogens with one attached hydrogen (secondary N) is 1. The van der Waals surface area contributed by atoms with E-state index in [-0.39, 0.29) is 30.6 Å². The lowest BCUT2D eigenvalue weighted by Crippen LogP contribution is -2.62. The van der Waals surface area contributed by atoms with Crippen molar-refractivity contribution in [1.29, 1.82) is 0 Å². The van der Waals surface area contributed by atoms with E-state index in [0.717, 1.165) is 22.2 Å². The van der Waals surface area contributed by atoms with Crippen LogP contribution in [-0.2, 0) is 22.6 Å². The number of rotatable bonds is 4. The van der Waals surface area contributed by atoms with E-state index in [1.54, 1.807) is 35.4 Å². The van der Waals surface area contributed by atoms with Gasteiger partial charge in [0.2, 0.25) is 11.8 Å². The number of aromatic nitrogens is 1. The number of carbonyl (C=O) groups excluding carboxylic acids is 2. The Labute approximate surface area is 193 Å². The van der Waals surface area contributed by atoms with Crippen LogP contribution >= 0.6 is 0 Å². The van der Waals surface area contributed by atoms with E-state index >= 15 is 0 Å². The summed E-state index contributed by atoms with van der Waals surface area (Å²) in [6.45, 7) is 0.167. The minimum atomic E-state index is -0.678. The fraction of sp³-hybridized carbons (Fsp3) is 0.200. The molecule has 1 fully saturated rings. The van der Waals surface area contributed by atoms with Crippen molar-refractivity contribution in [2.75, 3.05) is 6.54 Å². The smallest absolute Gasteiger partial charge is 0.269 e. The molecule has 6 rings (SSSR count). The number of nitrogens with zero attached hydrogens (tertiary/aromatic N) is 3. The van der Waals surface area contributed by atoms with E-state index in [1.807, 2.05) is 24.3 Å². The molecule has 34 heavy (non-hydrogen) atoms. The van der Waals surface area contributed by atoms with Crippen LogP contribution in [0.3, 0.4) is 0 Å². The van der Waals surface area contributed by atoms with Crippen LogP contribution in [0.15, 0.2) is 71.3 Å². The van der Waals surface area contributed by atoms with Crippen molar-refractivity contribution in [2.24, 2.45) is 0 Å². The van der Waals surface area contributed by atoms with Gasteiger partial charge in [-0.05, 0) is 41.5 Å². The van der Waals surface area contributed by atoms with Crippen molar-refractivity contribution in [3.63, 3.8) is 0 Å². The molecule has 2 amide bonds. The maximum Gasteiger partial charge on any atom is 0.269 e. The summed E-state index contributed by atoms with van der Waals surface area (Å²) in [6, 6.07) is 16.3. The Kier molecular flexibility index (Phi) is 4.51. The standard InChI is InChI=1S/C25H20N4O5/c30-22-14-27(13-17-4-3-11-34-17)25(31)21-12-19-18-5-1-2-6-20(18)26-23(19)24(28(21)22)15-7-9-16(10-8-15)29(32)33/h1-11,21,24,26H,12-14H2/t21-,24?/m1/s1. The van der Waals surface area contributed by atoms with Gasteiger partial charge >= 0.3 is 0 Å². The highest BCUT2D eigenvalue weighted by molar-refractivity contribution is 5.97. The first kappa shape index (κ1) is 20.2. The normalized spacial score (nSPS) is 19.9. The van der Waals surface area contributed by atoms with Gasteiger partial charge in [0, 0.05) is 35.2 Å². The van der Waals surface area contributed by atoms with Crippen molar-refractivity contribution < 1.29 is 18.9 Å². The van der Waals surface area contributed by atoms with E-state index in [9.17, 15) is 19.7 Å². The number of piperazine rings is 1. The molecule has 9 nitrogen and oxygen atoms in total. The molecule has 9 heteroatoms. The second-order valence-corrected chi connectivity index (χ2v) is 8.61. The fourth-order valence-electron chi connectivity index (χ4n) is 5.17. The fourth-order valence-corrected chi connectivity index (χ4v) is 5.17. The van der Waals surface area contributed by atoms with Crippen LogP contribution in [0.4, 0.5) is 5.69 Å². The van der Waals surface area contributed by atoms with Crippen LogP contribution in [0.1, 0.15) is 28.6 Å². The van der Waals surface area contributed by atoms with Crippen molar-refractivity contribution >= 4 is 28.4 Å². The molecular weight excluding hydrogens is 436 g/mol. The first-order valence-corrected chi connectivity index (χ1v) is 11.0. The highest BCUT2D eigenvalue weighted by atomic mass is 16.6. The maximum absolute atomic E-state index is 13.6. The Hall–Kier alpha value is -4.40. The molecular formula is C25H20N4O5. The average molecular weight is 456 g/mol. The third-order valence-corrected chi connectivity index (χ3v) is 6.69. The molecule has 1 unspecified atom stereocenters. The Morgan fingerprint density at radius 3 is 2.59 bits per heavy atom. The zero-order chi connectivity index (χ0) is 23.4. The quantitative estimate of drug-likeness (QED) is 0.373. The third-order valence-electron chi connectivity index (χ3n) is 6.69. The first-order valence-electron chi connectivity index (χ1n) is 11.0. The molecule has 2 aromatic heterocycles. The summed E-state index contributed by atoms with van der Waals surface area (Å²) in [4.78, 5) is 44.4. The van der Waals surface area contributed by atoms with Gasteiger partial charge in [-0.3, -0.25) is 19.7 Å². The molecule has 2 atom stereocenters. The lowest BCUT2D eigenvalue weighted by Gasteiger charge is -2.46. The molecule has 4 heterocycles. The molecule has 2 aromatic carbocycles. The first-order chi connectivity index (χ1) is 16.5. The number of benzene rings is 2. The molecule has 0 bridgehead atoms.